The third-order valence-electron chi connectivity index (χ3n) is 6.77. The first-order chi connectivity index (χ1) is 21.1. The zero-order valence-corrected chi connectivity index (χ0v) is 30.8. The van der Waals surface area contributed by atoms with E-state index in [4.69, 9.17) is 4.74 Å². The van der Waals surface area contributed by atoms with Crippen molar-refractivity contribution >= 4 is 27.8 Å². The molecule has 0 aliphatic heterocycles. The van der Waals surface area contributed by atoms with Crippen LogP contribution in [-0.2, 0) is 33.8 Å². The number of rotatable bonds is 12. The van der Waals surface area contributed by atoms with Crippen LogP contribution in [0.15, 0.2) is 114 Å². The van der Waals surface area contributed by atoms with Crippen molar-refractivity contribution in [3.05, 3.63) is 144 Å². The van der Waals surface area contributed by atoms with E-state index in [1.807, 2.05) is 90.1 Å². The first kappa shape index (κ1) is 38.4. The van der Waals surface area contributed by atoms with Gasteiger partial charge in [-0.1, -0.05) is 110 Å². The van der Waals surface area contributed by atoms with Crippen molar-refractivity contribution < 1.29 is 30.5 Å². The monoisotopic (exact) mass is 747 g/mol. The van der Waals surface area contributed by atoms with Crippen molar-refractivity contribution in [1.82, 2.24) is 5.32 Å². The van der Waals surface area contributed by atoms with Gasteiger partial charge < -0.3 is 22.2 Å². The minimum absolute atomic E-state index is 0. The number of sulfonamides is 1. The van der Waals surface area contributed by atoms with Crippen LogP contribution in [0.4, 0.5) is 0 Å². The van der Waals surface area contributed by atoms with Crippen LogP contribution in [0, 0.1) is 18.9 Å². The van der Waals surface area contributed by atoms with Gasteiger partial charge in [-0.2, -0.15) is 0 Å². The summed E-state index contributed by atoms with van der Waals surface area (Å²) in [5.41, 5.74) is 7.16. The molecule has 2 atom stereocenters. The summed E-state index contributed by atoms with van der Waals surface area (Å²) < 4.78 is 37.3. The van der Waals surface area contributed by atoms with Crippen LogP contribution in [-0.4, -0.2) is 30.1 Å². The second kappa shape index (κ2) is 19.0. The second-order valence-corrected chi connectivity index (χ2v) is 17.6. The molecule has 9 heteroatoms. The minimum atomic E-state index is -3.97. The van der Waals surface area contributed by atoms with Crippen molar-refractivity contribution in [2.75, 3.05) is 13.7 Å². The number of halogens is 1. The van der Waals surface area contributed by atoms with E-state index in [1.54, 1.807) is 31.4 Å². The standard InChI is InChI=1S/C35H39N2O3SSi.CH3.ClH.Ru/c1-40-32-21-17-28(18-22-32)12-11-26-36-34(30-13-7-5-8-14-30)35(31-15-9-6-10-16-31)37-41(38,39)33-23-19-29(20-24-33)25-27-42(2,3)4;;;/h5-10,13-24,34-36H,11-12,26H2,1-4H3;1H3;1H;/q2*-1;;+4/p-1/t34-,35-;;;/m1.../s1. The third-order valence-corrected chi connectivity index (χ3v) is 9.01. The van der Waals surface area contributed by atoms with Gasteiger partial charge in [-0.25, -0.2) is 8.42 Å². The van der Waals surface area contributed by atoms with E-state index in [0.717, 1.165) is 35.3 Å². The molecule has 0 fully saturated rings. The molecule has 0 aliphatic carbocycles. The van der Waals surface area contributed by atoms with Crippen LogP contribution < -0.4 is 10.1 Å². The molecular weight excluding hydrogens is 705 g/mol. The number of benzene rings is 4. The third kappa shape index (κ3) is 12.5. The maximum absolute atomic E-state index is 13.7. The molecule has 0 radical (unpaired) electrons. The molecule has 4 aromatic carbocycles. The SMILES string of the molecule is COc1ccc(CCCN[C@H](c2ccccc2)[C@H]([N-]S(=O)(=O)c2ccc(C#C[Si](C)(C)C)cc2)c2ccccc2)cc1.[CH3-].[Cl][Ru+3]. The average Bonchev–Trinajstić information content (AvgIpc) is 3.05. The fraction of sp³-hybridized carbons (Fsp3) is 0.250. The van der Waals surface area contributed by atoms with E-state index in [9.17, 15) is 8.42 Å². The zero-order valence-electron chi connectivity index (χ0n) is 26.5. The number of hydrogen-bond acceptors (Lipinski definition) is 4. The normalized spacial score (nSPS) is 12.3. The predicted octanol–water partition coefficient (Wildman–Crippen LogP) is 8.83. The summed E-state index contributed by atoms with van der Waals surface area (Å²) in [6.45, 7) is 7.22. The fourth-order valence-corrected chi connectivity index (χ4v) is 6.22. The second-order valence-electron chi connectivity index (χ2n) is 11.3. The van der Waals surface area contributed by atoms with Gasteiger partial charge in [0.15, 0.2) is 0 Å². The summed E-state index contributed by atoms with van der Waals surface area (Å²) in [4.78, 5) is 0.160. The molecule has 4 aromatic rings. The number of hydrogen-bond donors (Lipinski definition) is 1. The van der Waals surface area contributed by atoms with Crippen molar-refractivity contribution in [3.8, 4) is 17.2 Å². The van der Waals surface area contributed by atoms with Gasteiger partial charge in [0.1, 0.15) is 23.8 Å². The summed E-state index contributed by atoms with van der Waals surface area (Å²) in [6, 6.07) is 33.4. The summed E-state index contributed by atoms with van der Waals surface area (Å²) in [5, 5.41) is 3.64. The van der Waals surface area contributed by atoms with E-state index in [1.165, 1.54) is 5.56 Å². The Morgan fingerprint density at radius 1 is 0.844 bits per heavy atom. The first-order valence-electron chi connectivity index (χ1n) is 14.3. The summed E-state index contributed by atoms with van der Waals surface area (Å²) in [6.07, 6.45) is 1.76. The molecule has 0 saturated carbocycles. The number of aryl methyl sites for hydroxylation is 1. The Labute approximate surface area is 285 Å². The molecular formula is C36H42ClN2O3RuSSi+. The van der Waals surface area contributed by atoms with Gasteiger partial charge in [0.25, 0.3) is 0 Å². The van der Waals surface area contributed by atoms with Crippen LogP contribution in [0.2, 0.25) is 19.6 Å². The summed E-state index contributed by atoms with van der Waals surface area (Å²) >= 11 is 1.82. The Morgan fingerprint density at radius 3 is 1.93 bits per heavy atom. The van der Waals surface area contributed by atoms with Crippen molar-refractivity contribution in [2.24, 2.45) is 0 Å². The summed E-state index contributed by atoms with van der Waals surface area (Å²) in [7, 11) is 0.723. The maximum atomic E-state index is 13.7. The van der Waals surface area contributed by atoms with E-state index in [0.29, 0.717) is 6.54 Å². The Balaban J connectivity index is 0.00000230. The van der Waals surface area contributed by atoms with E-state index in [2.05, 4.69) is 63.0 Å². The van der Waals surface area contributed by atoms with Gasteiger partial charge in [-0.15, -0.1) is 5.54 Å². The topological polar surface area (TPSA) is 69.5 Å². The molecule has 238 valence electrons. The van der Waals surface area contributed by atoms with E-state index in [-0.39, 0.29) is 18.4 Å². The van der Waals surface area contributed by atoms with Gasteiger partial charge in [0, 0.05) is 16.5 Å². The predicted molar refractivity (Wildman–Crippen MR) is 187 cm³/mol. The van der Waals surface area contributed by atoms with Crippen LogP contribution >= 0.6 is 9.69 Å². The quantitative estimate of drug-likeness (QED) is 0.0681. The number of ether oxygens (including phenoxy) is 1. The number of nitrogens with zero attached hydrogens (tertiary/aromatic N) is 1. The average molecular weight is 747 g/mol. The van der Waals surface area contributed by atoms with E-state index < -0.39 is 24.1 Å². The molecule has 0 unspecified atom stereocenters. The van der Waals surface area contributed by atoms with Gasteiger partial charge in [-0.05, 0) is 66.9 Å². The fourth-order valence-electron chi connectivity index (χ4n) is 4.56. The van der Waals surface area contributed by atoms with Crippen molar-refractivity contribution in [1.29, 1.82) is 0 Å². The molecule has 4 rings (SSSR count). The molecule has 0 aliphatic rings. The van der Waals surface area contributed by atoms with Gasteiger partial charge >= 0.3 is 27.0 Å². The number of nitrogens with one attached hydrogen (secondary N) is 1. The van der Waals surface area contributed by atoms with Crippen LogP contribution in [0.1, 0.15) is 40.8 Å². The molecule has 0 amide bonds. The first-order valence-corrected chi connectivity index (χ1v) is 21.5. The molecule has 0 bridgehead atoms. The van der Waals surface area contributed by atoms with Crippen molar-refractivity contribution in [3.63, 3.8) is 0 Å². The summed E-state index contributed by atoms with van der Waals surface area (Å²) in [5.74, 6) is 4.02. The van der Waals surface area contributed by atoms with E-state index >= 15 is 0 Å². The Kier molecular flexibility index (Phi) is 16.2. The van der Waals surface area contributed by atoms with Crippen LogP contribution in [0.3, 0.4) is 0 Å². The Morgan fingerprint density at radius 2 is 1.40 bits per heavy atom. The molecule has 45 heavy (non-hydrogen) atoms. The Hall–Kier alpha value is -2.76. The van der Waals surface area contributed by atoms with Crippen molar-refractivity contribution in [2.45, 2.75) is 49.5 Å². The van der Waals surface area contributed by atoms with Gasteiger partial charge in [0.2, 0.25) is 0 Å². The Bertz CT molecular complexity index is 1590. The molecule has 5 nitrogen and oxygen atoms in total. The van der Waals surface area contributed by atoms with Crippen LogP contribution in [0.5, 0.6) is 5.75 Å². The zero-order chi connectivity index (χ0) is 32.0. The molecule has 0 aromatic heterocycles. The van der Waals surface area contributed by atoms with Gasteiger partial charge in [0.05, 0.1) is 7.11 Å². The molecule has 0 saturated heterocycles. The molecule has 1 N–H and O–H groups in total. The molecule has 0 heterocycles. The van der Waals surface area contributed by atoms with Gasteiger partial charge in [-0.3, -0.25) is 0 Å². The van der Waals surface area contributed by atoms with Crippen LogP contribution in [0.25, 0.3) is 4.72 Å². The molecule has 0 spiro atoms. The number of methoxy groups -OCH3 is 1.